The van der Waals surface area contributed by atoms with Gasteiger partial charge in [0.05, 0.1) is 16.6 Å². The number of nitrogens with zero attached hydrogens (tertiary/aromatic N) is 2. The Labute approximate surface area is 184 Å². The molecule has 0 aliphatic heterocycles. The van der Waals surface area contributed by atoms with E-state index in [1.54, 1.807) is 24.3 Å². The number of aryl methyl sites for hydroxylation is 1. The van der Waals surface area contributed by atoms with Crippen molar-refractivity contribution in [1.82, 2.24) is 9.97 Å². The highest BCUT2D eigenvalue weighted by Gasteiger charge is 2.11. The van der Waals surface area contributed by atoms with Crippen LogP contribution in [0.5, 0.6) is 5.75 Å². The van der Waals surface area contributed by atoms with Gasteiger partial charge in [0.2, 0.25) is 0 Å². The lowest BCUT2D eigenvalue weighted by molar-refractivity contribution is -0.118. The Morgan fingerprint density at radius 3 is 2.75 bits per heavy atom. The number of hydrogen-bond acceptors (Lipinski definition) is 4. The van der Waals surface area contributed by atoms with Crippen LogP contribution < -0.4 is 10.1 Å². The molecule has 1 aromatic heterocycles. The van der Waals surface area contributed by atoms with Crippen LogP contribution in [0.4, 0.5) is 10.1 Å². The van der Waals surface area contributed by atoms with Gasteiger partial charge < -0.3 is 15.0 Å². The molecule has 7 heteroatoms. The molecule has 0 aliphatic rings. The number of aromatic nitrogens is 2. The summed E-state index contributed by atoms with van der Waals surface area (Å²) in [6.45, 7) is 1.74. The van der Waals surface area contributed by atoms with Crippen LogP contribution in [-0.4, -0.2) is 22.5 Å². The van der Waals surface area contributed by atoms with Gasteiger partial charge in [-0.25, -0.2) is 9.37 Å². The Balaban J connectivity index is 1.52. The molecule has 0 aliphatic carbocycles. The Morgan fingerprint density at radius 1 is 1.19 bits per heavy atom. The number of ether oxygens (including phenoxy) is 1. The Morgan fingerprint density at radius 2 is 1.97 bits per heavy atom. The number of anilines is 1. The molecule has 0 saturated heterocycles. The predicted octanol–water partition coefficient (Wildman–Crippen LogP) is 5.09. The van der Waals surface area contributed by atoms with Crippen LogP contribution in [0.15, 0.2) is 66.7 Å². The van der Waals surface area contributed by atoms with Gasteiger partial charge in [-0.3, -0.25) is 4.79 Å². The van der Waals surface area contributed by atoms with Gasteiger partial charge >= 0.3 is 0 Å². The first-order chi connectivity index (χ1) is 15.5. The average Bonchev–Trinajstić information content (AvgIpc) is 3.21. The molecular formula is C25H19FN4O2. The molecule has 6 nitrogen and oxygen atoms in total. The van der Waals surface area contributed by atoms with Crippen LogP contribution in [0.25, 0.3) is 22.7 Å². The fourth-order valence-electron chi connectivity index (χ4n) is 3.16. The van der Waals surface area contributed by atoms with E-state index < -0.39 is 0 Å². The summed E-state index contributed by atoms with van der Waals surface area (Å²) in [5, 5.41) is 12.3. The second-order valence-electron chi connectivity index (χ2n) is 7.16. The van der Waals surface area contributed by atoms with E-state index in [0.717, 1.165) is 16.6 Å². The van der Waals surface area contributed by atoms with Crippen LogP contribution in [0.2, 0.25) is 0 Å². The van der Waals surface area contributed by atoms with Crippen molar-refractivity contribution >= 4 is 34.3 Å². The maximum atomic E-state index is 13.0. The Bertz CT molecular complexity index is 1350. The standard InChI is InChI=1S/C25H19FN4O2/c1-16-6-11-21-22(12-16)30-25(29-21)18(14-27)13-17-4-2-3-5-23(17)32-15-24(31)28-20-9-7-19(26)8-10-20/h2-13H,15H2,1H3,(H,28,31)(H,29,30). The first-order valence-corrected chi connectivity index (χ1v) is 9.87. The van der Waals surface area contributed by atoms with Gasteiger partial charge in [0, 0.05) is 11.3 Å². The largest absolute Gasteiger partial charge is 0.483 e. The molecule has 0 spiro atoms. The number of carbonyl (C=O) groups excluding carboxylic acids is 1. The molecular weight excluding hydrogens is 407 g/mol. The third kappa shape index (κ3) is 4.82. The van der Waals surface area contributed by atoms with E-state index >= 15 is 0 Å². The number of imidazole rings is 1. The molecule has 0 radical (unpaired) electrons. The fourth-order valence-corrected chi connectivity index (χ4v) is 3.16. The second kappa shape index (κ2) is 9.14. The first-order valence-electron chi connectivity index (χ1n) is 9.87. The third-order valence-corrected chi connectivity index (χ3v) is 4.72. The minimum absolute atomic E-state index is 0.242. The molecule has 158 valence electrons. The van der Waals surface area contributed by atoms with Gasteiger partial charge in [-0.1, -0.05) is 24.3 Å². The monoisotopic (exact) mass is 426 g/mol. The van der Waals surface area contributed by atoms with Crippen molar-refractivity contribution in [2.75, 3.05) is 11.9 Å². The second-order valence-corrected chi connectivity index (χ2v) is 7.16. The predicted molar refractivity (Wildman–Crippen MR) is 121 cm³/mol. The minimum atomic E-state index is -0.386. The van der Waals surface area contributed by atoms with Crippen LogP contribution in [0, 0.1) is 24.1 Å². The highest BCUT2D eigenvalue weighted by Crippen LogP contribution is 2.25. The van der Waals surface area contributed by atoms with Crippen molar-refractivity contribution in [3.05, 3.63) is 89.5 Å². The van der Waals surface area contributed by atoms with E-state index in [1.807, 2.05) is 31.2 Å². The highest BCUT2D eigenvalue weighted by atomic mass is 19.1. The van der Waals surface area contributed by atoms with Crippen LogP contribution >= 0.6 is 0 Å². The van der Waals surface area contributed by atoms with Crippen molar-refractivity contribution in [2.24, 2.45) is 0 Å². The molecule has 4 rings (SSSR count). The maximum Gasteiger partial charge on any atom is 0.262 e. The number of amides is 1. The number of fused-ring (bicyclic) bond motifs is 1. The molecule has 1 amide bonds. The summed E-state index contributed by atoms with van der Waals surface area (Å²) in [5.74, 6) is 0.134. The van der Waals surface area contributed by atoms with Gasteiger partial charge in [0.15, 0.2) is 6.61 Å². The summed E-state index contributed by atoms with van der Waals surface area (Å²) in [6.07, 6.45) is 1.66. The van der Waals surface area contributed by atoms with Crippen LogP contribution in [0.3, 0.4) is 0 Å². The number of rotatable bonds is 6. The number of para-hydroxylation sites is 1. The number of H-pyrrole nitrogens is 1. The van der Waals surface area contributed by atoms with E-state index in [9.17, 15) is 14.4 Å². The fraction of sp³-hybridized carbons (Fsp3) is 0.0800. The number of nitrogens with one attached hydrogen (secondary N) is 2. The number of benzene rings is 3. The maximum absolute atomic E-state index is 13.0. The molecule has 0 fully saturated rings. The zero-order chi connectivity index (χ0) is 22.5. The van der Waals surface area contributed by atoms with Crippen molar-refractivity contribution < 1.29 is 13.9 Å². The molecule has 2 N–H and O–H groups in total. The van der Waals surface area contributed by atoms with E-state index in [2.05, 4.69) is 21.4 Å². The van der Waals surface area contributed by atoms with Crippen LogP contribution in [0.1, 0.15) is 17.0 Å². The lowest BCUT2D eigenvalue weighted by Gasteiger charge is -2.10. The van der Waals surface area contributed by atoms with Crippen molar-refractivity contribution in [3.8, 4) is 11.8 Å². The number of nitriles is 1. The molecule has 0 atom stereocenters. The summed E-state index contributed by atoms with van der Waals surface area (Å²) in [5.41, 5.74) is 4.16. The van der Waals surface area contributed by atoms with Gasteiger partial charge in [-0.05, 0) is 61.0 Å². The quantitative estimate of drug-likeness (QED) is 0.420. The summed E-state index contributed by atoms with van der Waals surface area (Å²) < 4.78 is 18.7. The molecule has 4 aromatic rings. The normalized spacial score (nSPS) is 11.2. The average molecular weight is 426 g/mol. The third-order valence-electron chi connectivity index (χ3n) is 4.72. The number of aromatic amines is 1. The SMILES string of the molecule is Cc1ccc2nc(C(C#N)=Cc3ccccc3OCC(=O)Nc3ccc(F)cc3)[nH]c2c1. The summed E-state index contributed by atoms with van der Waals surface area (Å²) in [7, 11) is 0. The highest BCUT2D eigenvalue weighted by molar-refractivity contribution is 5.93. The number of carbonyl (C=O) groups is 1. The lowest BCUT2D eigenvalue weighted by Crippen LogP contribution is -2.20. The van der Waals surface area contributed by atoms with E-state index in [1.165, 1.54) is 24.3 Å². The smallest absolute Gasteiger partial charge is 0.262 e. The Hall–Kier alpha value is -4.44. The number of hydrogen-bond donors (Lipinski definition) is 2. The summed E-state index contributed by atoms with van der Waals surface area (Å²) >= 11 is 0. The molecule has 3 aromatic carbocycles. The lowest BCUT2D eigenvalue weighted by atomic mass is 10.1. The zero-order valence-electron chi connectivity index (χ0n) is 17.2. The molecule has 1 heterocycles. The van der Waals surface area contributed by atoms with E-state index in [0.29, 0.717) is 28.4 Å². The molecule has 0 bridgehead atoms. The Kier molecular flexibility index (Phi) is 5.95. The number of halogens is 1. The van der Waals surface area contributed by atoms with Crippen LogP contribution in [-0.2, 0) is 4.79 Å². The van der Waals surface area contributed by atoms with Crippen molar-refractivity contribution in [2.45, 2.75) is 6.92 Å². The molecule has 0 unspecified atom stereocenters. The number of allylic oxidation sites excluding steroid dienone is 1. The van der Waals surface area contributed by atoms with Crippen molar-refractivity contribution in [1.29, 1.82) is 5.26 Å². The zero-order valence-corrected chi connectivity index (χ0v) is 17.2. The van der Waals surface area contributed by atoms with Gasteiger partial charge in [0.1, 0.15) is 23.5 Å². The van der Waals surface area contributed by atoms with E-state index in [4.69, 9.17) is 4.74 Å². The molecule has 0 saturated carbocycles. The van der Waals surface area contributed by atoms with Gasteiger partial charge in [-0.15, -0.1) is 0 Å². The minimum Gasteiger partial charge on any atom is -0.483 e. The summed E-state index contributed by atoms with van der Waals surface area (Å²) in [6, 6.07) is 20.6. The van der Waals surface area contributed by atoms with Crippen molar-refractivity contribution in [3.63, 3.8) is 0 Å². The van der Waals surface area contributed by atoms with Gasteiger partial charge in [-0.2, -0.15) is 5.26 Å². The topological polar surface area (TPSA) is 90.8 Å². The first kappa shape index (κ1) is 20.8. The van der Waals surface area contributed by atoms with E-state index in [-0.39, 0.29) is 18.3 Å². The molecule has 32 heavy (non-hydrogen) atoms. The summed E-state index contributed by atoms with van der Waals surface area (Å²) in [4.78, 5) is 19.9. The van der Waals surface area contributed by atoms with Gasteiger partial charge in [0.25, 0.3) is 5.91 Å².